The van der Waals surface area contributed by atoms with Gasteiger partial charge < -0.3 is 10.6 Å². The quantitative estimate of drug-likeness (QED) is 0.819. The number of hydrogen-bond acceptors (Lipinski definition) is 2. The number of hydrogen-bond donors (Lipinski definition) is 2. The summed E-state index contributed by atoms with van der Waals surface area (Å²) in [6.07, 6.45) is 0. The lowest BCUT2D eigenvalue weighted by molar-refractivity contribution is 0.737. The van der Waals surface area contributed by atoms with Crippen molar-refractivity contribution in [3.8, 4) is 0 Å². The van der Waals surface area contributed by atoms with Crippen LogP contribution in [0.1, 0.15) is 29.0 Å². The molecule has 0 radical (unpaired) electrons. The van der Waals surface area contributed by atoms with Gasteiger partial charge in [0, 0.05) is 10.6 Å². The number of anilines is 1. The molecule has 1 heterocycles. The molecule has 0 aliphatic carbocycles. The van der Waals surface area contributed by atoms with Crippen LogP contribution in [0.25, 0.3) is 0 Å². The van der Waals surface area contributed by atoms with Gasteiger partial charge in [0.25, 0.3) is 0 Å². The summed E-state index contributed by atoms with van der Waals surface area (Å²) in [6.45, 7) is 6.32. The fourth-order valence-electron chi connectivity index (χ4n) is 1.85. The predicted octanol–water partition coefficient (Wildman–Crippen LogP) is 4.41. The number of nitrogens with one attached hydrogen (secondary N) is 2. The predicted molar refractivity (Wildman–Crippen MR) is 88.0 cm³/mol. The molecule has 0 aliphatic heterocycles. The summed E-state index contributed by atoms with van der Waals surface area (Å²) in [5, 5.41) is 9.32. The second kappa shape index (κ2) is 6.17. The molecule has 4 heteroatoms. The van der Waals surface area contributed by atoms with E-state index in [1.54, 1.807) is 11.3 Å². The second-order valence-corrected chi connectivity index (χ2v) is 5.97. The molecular formula is C15H18N2S2. The van der Waals surface area contributed by atoms with E-state index in [0.717, 1.165) is 5.69 Å². The van der Waals surface area contributed by atoms with Crippen LogP contribution >= 0.6 is 23.6 Å². The van der Waals surface area contributed by atoms with Gasteiger partial charge in [0.05, 0.1) is 6.04 Å². The van der Waals surface area contributed by atoms with Crippen LogP contribution in [0.5, 0.6) is 0 Å². The Bertz CT molecular complexity index is 562. The van der Waals surface area contributed by atoms with Crippen molar-refractivity contribution in [3.05, 3.63) is 51.7 Å². The monoisotopic (exact) mass is 290 g/mol. The fraction of sp³-hybridized carbons (Fsp3) is 0.267. The number of rotatable bonds is 3. The minimum Gasteiger partial charge on any atom is -0.355 e. The molecule has 0 unspecified atom stereocenters. The first-order valence-electron chi connectivity index (χ1n) is 6.25. The largest absolute Gasteiger partial charge is 0.355 e. The molecule has 0 aliphatic rings. The topological polar surface area (TPSA) is 24.1 Å². The summed E-state index contributed by atoms with van der Waals surface area (Å²) >= 11 is 7.11. The van der Waals surface area contributed by atoms with Crippen LogP contribution in [0.15, 0.2) is 35.7 Å². The van der Waals surface area contributed by atoms with E-state index < -0.39 is 0 Å². The maximum absolute atomic E-state index is 5.37. The van der Waals surface area contributed by atoms with E-state index in [0.29, 0.717) is 5.11 Å². The fourth-order valence-corrected chi connectivity index (χ4v) is 2.87. The van der Waals surface area contributed by atoms with Gasteiger partial charge in [0.2, 0.25) is 0 Å². The minimum absolute atomic E-state index is 0.227. The third kappa shape index (κ3) is 3.55. The average molecular weight is 290 g/mol. The zero-order valence-electron chi connectivity index (χ0n) is 11.4. The number of benzene rings is 1. The number of thiocarbonyl (C=S) groups is 1. The Morgan fingerprint density at radius 3 is 2.68 bits per heavy atom. The van der Waals surface area contributed by atoms with Gasteiger partial charge in [0.15, 0.2) is 5.11 Å². The number of thiophene rings is 1. The average Bonchev–Trinajstić information content (AvgIpc) is 2.88. The van der Waals surface area contributed by atoms with Crippen LogP contribution in [0.4, 0.5) is 5.69 Å². The van der Waals surface area contributed by atoms with E-state index in [9.17, 15) is 0 Å². The van der Waals surface area contributed by atoms with Crippen molar-refractivity contribution in [2.75, 3.05) is 5.32 Å². The Hall–Kier alpha value is -1.39. The molecule has 100 valence electrons. The highest BCUT2D eigenvalue weighted by atomic mass is 32.1. The normalized spacial score (nSPS) is 11.9. The lowest BCUT2D eigenvalue weighted by Gasteiger charge is -2.17. The van der Waals surface area contributed by atoms with Crippen LogP contribution in [-0.4, -0.2) is 5.11 Å². The highest BCUT2D eigenvalue weighted by molar-refractivity contribution is 7.80. The van der Waals surface area contributed by atoms with Gasteiger partial charge in [-0.15, -0.1) is 11.3 Å². The molecule has 0 saturated carbocycles. The van der Waals surface area contributed by atoms with Crippen LogP contribution in [0.2, 0.25) is 0 Å². The Kier molecular flexibility index (Phi) is 4.56. The number of aryl methyl sites for hydroxylation is 1. The molecule has 0 bridgehead atoms. The smallest absolute Gasteiger partial charge is 0.171 e. The van der Waals surface area contributed by atoms with E-state index in [-0.39, 0.29) is 6.04 Å². The molecule has 1 atom stereocenters. The Balaban J connectivity index is 2.00. The molecule has 1 aromatic carbocycles. The van der Waals surface area contributed by atoms with Gasteiger partial charge in [-0.2, -0.15) is 0 Å². The summed E-state index contributed by atoms with van der Waals surface area (Å²) in [5.74, 6) is 0. The molecule has 0 fully saturated rings. The van der Waals surface area contributed by atoms with Crippen LogP contribution in [-0.2, 0) is 0 Å². The van der Waals surface area contributed by atoms with Crippen molar-refractivity contribution in [2.24, 2.45) is 0 Å². The van der Waals surface area contributed by atoms with Crippen LogP contribution in [0, 0.1) is 13.8 Å². The first-order chi connectivity index (χ1) is 9.08. The van der Waals surface area contributed by atoms with Gasteiger partial charge in [-0.05, 0) is 61.6 Å². The molecule has 1 aromatic heterocycles. The zero-order chi connectivity index (χ0) is 13.8. The first-order valence-corrected chi connectivity index (χ1v) is 7.54. The molecule has 2 rings (SSSR count). The first kappa shape index (κ1) is 14.0. The Labute approximate surface area is 123 Å². The second-order valence-electron chi connectivity index (χ2n) is 4.58. The van der Waals surface area contributed by atoms with Crippen molar-refractivity contribution in [2.45, 2.75) is 26.8 Å². The van der Waals surface area contributed by atoms with E-state index in [2.05, 4.69) is 55.0 Å². The van der Waals surface area contributed by atoms with E-state index >= 15 is 0 Å². The summed E-state index contributed by atoms with van der Waals surface area (Å²) < 4.78 is 0. The third-order valence-electron chi connectivity index (χ3n) is 3.17. The maximum Gasteiger partial charge on any atom is 0.171 e. The van der Waals surface area contributed by atoms with Crippen LogP contribution < -0.4 is 10.6 Å². The van der Waals surface area contributed by atoms with Gasteiger partial charge in [-0.25, -0.2) is 0 Å². The highest BCUT2D eigenvalue weighted by Gasteiger charge is 2.08. The van der Waals surface area contributed by atoms with Gasteiger partial charge in [-0.3, -0.25) is 0 Å². The van der Waals surface area contributed by atoms with E-state index in [1.165, 1.54) is 16.0 Å². The Morgan fingerprint density at radius 2 is 2.00 bits per heavy atom. The molecule has 2 N–H and O–H groups in total. The lowest BCUT2D eigenvalue weighted by atomic mass is 10.1. The maximum atomic E-state index is 5.37. The minimum atomic E-state index is 0.227. The van der Waals surface area contributed by atoms with Crippen molar-refractivity contribution < 1.29 is 0 Å². The summed E-state index contributed by atoms with van der Waals surface area (Å²) in [4.78, 5) is 1.28. The molecule has 0 spiro atoms. The summed E-state index contributed by atoms with van der Waals surface area (Å²) in [5.41, 5.74) is 3.56. The molecule has 2 aromatic rings. The van der Waals surface area contributed by atoms with Crippen molar-refractivity contribution >= 4 is 34.4 Å². The van der Waals surface area contributed by atoms with E-state index in [4.69, 9.17) is 12.2 Å². The lowest BCUT2D eigenvalue weighted by Crippen LogP contribution is -2.30. The molecule has 19 heavy (non-hydrogen) atoms. The van der Waals surface area contributed by atoms with E-state index in [1.807, 2.05) is 12.1 Å². The van der Waals surface area contributed by atoms with Crippen molar-refractivity contribution in [3.63, 3.8) is 0 Å². The molecule has 2 nitrogen and oxygen atoms in total. The zero-order valence-corrected chi connectivity index (χ0v) is 13.0. The SMILES string of the molecule is Cc1cccc(NC(=S)N[C@H](C)c2cccs2)c1C. The van der Waals surface area contributed by atoms with Gasteiger partial charge >= 0.3 is 0 Å². The summed E-state index contributed by atoms with van der Waals surface area (Å²) in [7, 11) is 0. The van der Waals surface area contributed by atoms with Crippen molar-refractivity contribution in [1.29, 1.82) is 0 Å². The highest BCUT2D eigenvalue weighted by Crippen LogP contribution is 2.20. The summed E-state index contributed by atoms with van der Waals surface area (Å²) in [6, 6.07) is 10.6. The van der Waals surface area contributed by atoms with Gasteiger partial charge in [-0.1, -0.05) is 18.2 Å². The van der Waals surface area contributed by atoms with Crippen molar-refractivity contribution in [1.82, 2.24) is 5.32 Å². The Morgan fingerprint density at radius 1 is 1.21 bits per heavy atom. The molecule has 0 amide bonds. The van der Waals surface area contributed by atoms with Gasteiger partial charge in [0.1, 0.15) is 0 Å². The molecule has 0 saturated heterocycles. The standard InChI is InChI=1S/C15H18N2S2/c1-10-6-4-7-13(11(10)2)17-15(18)16-12(3)14-8-5-9-19-14/h4-9,12H,1-3H3,(H2,16,17,18)/t12-/m1/s1. The molecular weight excluding hydrogens is 272 g/mol. The van der Waals surface area contributed by atoms with Crippen LogP contribution in [0.3, 0.4) is 0 Å². The third-order valence-corrected chi connectivity index (χ3v) is 4.45.